The van der Waals surface area contributed by atoms with Crippen LogP contribution in [0, 0.1) is 12.3 Å². The van der Waals surface area contributed by atoms with Gasteiger partial charge >= 0.3 is 5.97 Å². The van der Waals surface area contributed by atoms with Gasteiger partial charge < -0.3 is 10.1 Å². The maximum Gasteiger partial charge on any atom is 0.336 e. The van der Waals surface area contributed by atoms with E-state index in [-0.39, 0.29) is 11.2 Å². The number of esters is 1. The molecule has 0 radical (unpaired) electrons. The molecule has 0 aromatic carbocycles. The quantitative estimate of drug-likeness (QED) is 0.835. The number of Topliss-reactive ketones (excluding diaryl/α,β-unsaturated/α-hetero) is 1. The van der Waals surface area contributed by atoms with E-state index in [0.717, 1.165) is 29.1 Å². The van der Waals surface area contributed by atoms with Crippen molar-refractivity contribution in [3.8, 4) is 0 Å². The Labute approximate surface area is 147 Å². The molecular formula is C19H25N3O3. The Balaban J connectivity index is 2.23. The van der Waals surface area contributed by atoms with Crippen LogP contribution in [0.2, 0.25) is 0 Å². The van der Waals surface area contributed by atoms with Crippen molar-refractivity contribution in [2.24, 2.45) is 12.5 Å². The van der Waals surface area contributed by atoms with Crippen LogP contribution in [0.15, 0.2) is 28.7 Å². The molecule has 0 saturated carbocycles. The number of aromatic nitrogens is 2. The normalized spacial score (nSPS) is 22.6. The van der Waals surface area contributed by atoms with Crippen molar-refractivity contribution in [3.05, 3.63) is 40.0 Å². The van der Waals surface area contributed by atoms with Crippen molar-refractivity contribution in [1.82, 2.24) is 15.1 Å². The molecule has 1 aromatic rings. The molecule has 2 heterocycles. The van der Waals surface area contributed by atoms with E-state index in [9.17, 15) is 9.59 Å². The summed E-state index contributed by atoms with van der Waals surface area (Å²) in [6.45, 7) is 8.00. The Kier molecular flexibility index (Phi) is 4.09. The number of dihydropyridines is 1. The molecule has 25 heavy (non-hydrogen) atoms. The summed E-state index contributed by atoms with van der Waals surface area (Å²) >= 11 is 0. The molecule has 6 heteroatoms. The van der Waals surface area contributed by atoms with E-state index in [1.54, 1.807) is 10.9 Å². The molecule has 0 bridgehead atoms. The second-order valence-corrected chi connectivity index (χ2v) is 7.73. The maximum atomic E-state index is 13.0. The first-order valence-electron chi connectivity index (χ1n) is 8.47. The SMILES string of the molecule is COC(=O)C1=C(C)NC2=C(C(=O)CC(C)(C)C2)[C@@H]1c1cnn(C)c1C. The monoisotopic (exact) mass is 343 g/mol. The van der Waals surface area contributed by atoms with Gasteiger partial charge in [0, 0.05) is 41.7 Å². The summed E-state index contributed by atoms with van der Waals surface area (Å²) in [6.07, 6.45) is 2.99. The van der Waals surface area contributed by atoms with Crippen molar-refractivity contribution >= 4 is 11.8 Å². The standard InChI is InChI=1S/C19H25N3O3/c1-10-15(18(24)25-6)16(12-9-20-22(5)11(12)2)17-13(21-10)7-19(3,4)8-14(17)23/h9,16,21H,7-8H2,1-6H3/t16-/m1/s1. The molecule has 1 aromatic heterocycles. The van der Waals surface area contributed by atoms with E-state index < -0.39 is 11.9 Å². The first-order valence-corrected chi connectivity index (χ1v) is 8.47. The van der Waals surface area contributed by atoms with Crippen LogP contribution >= 0.6 is 0 Å². The zero-order valence-electron chi connectivity index (χ0n) is 15.7. The molecule has 0 unspecified atom stereocenters. The number of carbonyl (C=O) groups excluding carboxylic acids is 2. The molecule has 134 valence electrons. The van der Waals surface area contributed by atoms with E-state index in [2.05, 4.69) is 24.3 Å². The second kappa shape index (κ2) is 5.86. The summed E-state index contributed by atoms with van der Waals surface area (Å²) in [6, 6.07) is 0. The summed E-state index contributed by atoms with van der Waals surface area (Å²) < 4.78 is 6.78. The fourth-order valence-electron chi connectivity index (χ4n) is 3.93. The van der Waals surface area contributed by atoms with Crippen LogP contribution in [0.25, 0.3) is 0 Å². The molecule has 0 spiro atoms. The average Bonchev–Trinajstić information content (AvgIpc) is 2.83. The van der Waals surface area contributed by atoms with Crippen LogP contribution in [-0.2, 0) is 21.4 Å². The van der Waals surface area contributed by atoms with Crippen molar-refractivity contribution in [3.63, 3.8) is 0 Å². The first kappa shape index (κ1) is 17.5. The number of ketones is 1. The van der Waals surface area contributed by atoms with Gasteiger partial charge in [-0.25, -0.2) is 4.79 Å². The largest absolute Gasteiger partial charge is 0.466 e. The lowest BCUT2D eigenvalue weighted by atomic mass is 9.68. The number of ether oxygens (including phenoxy) is 1. The summed E-state index contributed by atoms with van der Waals surface area (Å²) in [5, 5.41) is 7.62. The number of allylic oxidation sites excluding steroid dienone is 3. The Hall–Kier alpha value is -2.37. The number of nitrogens with one attached hydrogen (secondary N) is 1. The smallest absolute Gasteiger partial charge is 0.336 e. The number of carbonyl (C=O) groups is 2. The van der Waals surface area contributed by atoms with E-state index in [1.165, 1.54) is 7.11 Å². The molecule has 0 amide bonds. The Morgan fingerprint density at radius 3 is 2.60 bits per heavy atom. The van der Waals surface area contributed by atoms with Gasteiger partial charge in [-0.15, -0.1) is 0 Å². The second-order valence-electron chi connectivity index (χ2n) is 7.73. The highest BCUT2D eigenvalue weighted by Gasteiger charge is 2.43. The molecule has 1 aliphatic heterocycles. The highest BCUT2D eigenvalue weighted by Crippen LogP contribution is 2.47. The average molecular weight is 343 g/mol. The zero-order chi connectivity index (χ0) is 18.5. The van der Waals surface area contributed by atoms with E-state index in [1.807, 2.05) is 20.9 Å². The van der Waals surface area contributed by atoms with Crippen molar-refractivity contribution in [1.29, 1.82) is 0 Å². The molecule has 6 nitrogen and oxygen atoms in total. The number of nitrogens with zero attached hydrogens (tertiary/aromatic N) is 2. The molecule has 3 rings (SSSR count). The van der Waals surface area contributed by atoms with E-state index in [4.69, 9.17) is 4.74 Å². The van der Waals surface area contributed by atoms with Gasteiger partial charge in [0.1, 0.15) is 0 Å². The lowest BCUT2D eigenvalue weighted by Crippen LogP contribution is -2.38. The minimum absolute atomic E-state index is 0.0842. The van der Waals surface area contributed by atoms with E-state index >= 15 is 0 Å². The number of methoxy groups -OCH3 is 1. The summed E-state index contributed by atoms with van der Waals surface area (Å²) in [4.78, 5) is 25.5. The summed E-state index contributed by atoms with van der Waals surface area (Å²) in [7, 11) is 3.22. The van der Waals surface area contributed by atoms with Gasteiger partial charge in [-0.3, -0.25) is 9.48 Å². The van der Waals surface area contributed by atoms with Crippen LogP contribution in [0.5, 0.6) is 0 Å². The fraction of sp³-hybridized carbons (Fsp3) is 0.526. The van der Waals surface area contributed by atoms with Gasteiger partial charge in [0.15, 0.2) is 5.78 Å². The number of aryl methyl sites for hydroxylation is 1. The van der Waals surface area contributed by atoms with Crippen LogP contribution in [0.1, 0.15) is 50.8 Å². The van der Waals surface area contributed by atoms with Gasteiger partial charge in [-0.05, 0) is 25.7 Å². The van der Waals surface area contributed by atoms with Gasteiger partial charge in [-0.2, -0.15) is 5.10 Å². The lowest BCUT2D eigenvalue weighted by molar-refractivity contribution is -0.136. The number of hydrogen-bond donors (Lipinski definition) is 1. The maximum absolute atomic E-state index is 13.0. The topological polar surface area (TPSA) is 73.2 Å². The molecule has 0 saturated heterocycles. The van der Waals surface area contributed by atoms with Crippen molar-refractivity contribution in [2.75, 3.05) is 7.11 Å². The minimum atomic E-state index is -0.430. The zero-order valence-corrected chi connectivity index (χ0v) is 15.7. The van der Waals surface area contributed by atoms with Gasteiger partial charge in [0.2, 0.25) is 0 Å². The lowest BCUT2D eigenvalue weighted by Gasteiger charge is -2.39. The molecule has 2 aliphatic rings. The third-order valence-corrected chi connectivity index (χ3v) is 5.23. The highest BCUT2D eigenvalue weighted by molar-refractivity contribution is 6.04. The van der Waals surface area contributed by atoms with Crippen molar-refractivity contribution < 1.29 is 14.3 Å². The molecule has 0 fully saturated rings. The third-order valence-electron chi connectivity index (χ3n) is 5.23. The predicted octanol–water partition coefficient (Wildman–Crippen LogP) is 2.51. The third kappa shape index (κ3) is 2.79. The van der Waals surface area contributed by atoms with Crippen LogP contribution in [-0.4, -0.2) is 28.6 Å². The molecule has 1 N–H and O–H groups in total. The predicted molar refractivity (Wildman–Crippen MR) is 93.6 cm³/mol. The Morgan fingerprint density at radius 2 is 2.04 bits per heavy atom. The fourth-order valence-corrected chi connectivity index (χ4v) is 3.93. The van der Waals surface area contributed by atoms with Crippen LogP contribution in [0.3, 0.4) is 0 Å². The molecule has 1 aliphatic carbocycles. The molecular weight excluding hydrogens is 318 g/mol. The molecule has 1 atom stereocenters. The number of hydrogen-bond acceptors (Lipinski definition) is 5. The van der Waals surface area contributed by atoms with Gasteiger partial charge in [0.05, 0.1) is 24.8 Å². The minimum Gasteiger partial charge on any atom is -0.466 e. The van der Waals surface area contributed by atoms with Crippen molar-refractivity contribution in [2.45, 2.75) is 46.5 Å². The summed E-state index contributed by atoms with van der Waals surface area (Å²) in [5.41, 5.74) is 4.55. The summed E-state index contributed by atoms with van der Waals surface area (Å²) in [5.74, 6) is -0.760. The van der Waals surface area contributed by atoms with Gasteiger partial charge in [-0.1, -0.05) is 13.8 Å². The Morgan fingerprint density at radius 1 is 1.36 bits per heavy atom. The Bertz CT molecular complexity index is 827. The number of rotatable bonds is 2. The van der Waals surface area contributed by atoms with Crippen LogP contribution in [0.4, 0.5) is 0 Å². The van der Waals surface area contributed by atoms with Crippen LogP contribution < -0.4 is 5.32 Å². The van der Waals surface area contributed by atoms with Gasteiger partial charge in [0.25, 0.3) is 0 Å². The highest BCUT2D eigenvalue weighted by atomic mass is 16.5. The first-order chi connectivity index (χ1) is 11.7. The van der Waals surface area contributed by atoms with E-state index in [0.29, 0.717) is 17.6 Å².